The predicted molar refractivity (Wildman–Crippen MR) is 144 cm³/mol. The first-order valence-electron chi connectivity index (χ1n) is 13.2. The molecule has 0 aliphatic carbocycles. The number of anilines is 1. The minimum Gasteiger partial charge on any atom is -0.467 e. The number of para-hydroxylation sites is 1. The molecule has 5 rings (SSSR count). The molecule has 1 saturated heterocycles. The number of amides is 2. The van der Waals surface area contributed by atoms with E-state index in [1.807, 2.05) is 48.5 Å². The Balaban J connectivity index is 1.50. The van der Waals surface area contributed by atoms with Gasteiger partial charge in [0.25, 0.3) is 5.91 Å². The quantitative estimate of drug-likeness (QED) is 0.331. The van der Waals surface area contributed by atoms with Crippen molar-refractivity contribution < 1.29 is 18.7 Å². The Morgan fingerprint density at radius 1 is 1.13 bits per heavy atom. The highest BCUT2D eigenvalue weighted by molar-refractivity contribution is 6.01. The van der Waals surface area contributed by atoms with Crippen molar-refractivity contribution in [3.05, 3.63) is 78.3 Å². The van der Waals surface area contributed by atoms with Gasteiger partial charge in [0.05, 0.1) is 17.9 Å². The Morgan fingerprint density at radius 2 is 1.95 bits per heavy atom. The number of nitrogens with one attached hydrogen (secondary N) is 1. The van der Waals surface area contributed by atoms with Gasteiger partial charge in [-0.2, -0.15) is 0 Å². The van der Waals surface area contributed by atoms with Crippen molar-refractivity contribution in [3.8, 4) is 0 Å². The first-order valence-corrected chi connectivity index (χ1v) is 13.2. The topological polar surface area (TPSA) is 102 Å². The molecule has 1 N–H and O–H groups in total. The van der Waals surface area contributed by atoms with Gasteiger partial charge in [-0.3, -0.25) is 14.5 Å². The molecule has 0 spiro atoms. The maximum atomic E-state index is 14.0. The molecule has 1 fully saturated rings. The summed E-state index contributed by atoms with van der Waals surface area (Å²) in [7, 11) is 0. The summed E-state index contributed by atoms with van der Waals surface area (Å²) in [6.07, 6.45) is 4.35. The molecule has 3 heterocycles. The second kappa shape index (κ2) is 11.6. The van der Waals surface area contributed by atoms with Crippen LogP contribution >= 0.6 is 0 Å². The smallest absolute Gasteiger partial charge is 0.251 e. The molecule has 0 bridgehead atoms. The van der Waals surface area contributed by atoms with Crippen molar-refractivity contribution in [1.29, 1.82) is 0 Å². The molecular formula is C29H33N5O4. The summed E-state index contributed by atoms with van der Waals surface area (Å²) in [5.41, 5.74) is 3.20. The molecule has 0 saturated carbocycles. The Labute approximate surface area is 221 Å². The molecule has 1 aliphatic heterocycles. The van der Waals surface area contributed by atoms with Gasteiger partial charge in [0.15, 0.2) is 6.04 Å². The lowest BCUT2D eigenvalue weighted by Gasteiger charge is -2.30. The second-order valence-corrected chi connectivity index (χ2v) is 9.70. The first kappa shape index (κ1) is 25.7. The number of rotatable bonds is 10. The summed E-state index contributed by atoms with van der Waals surface area (Å²) < 4.78 is 12.9. The van der Waals surface area contributed by atoms with Crippen molar-refractivity contribution in [2.45, 2.75) is 57.7 Å². The van der Waals surface area contributed by atoms with E-state index in [4.69, 9.17) is 9.15 Å². The van der Waals surface area contributed by atoms with Gasteiger partial charge < -0.3 is 14.5 Å². The van der Waals surface area contributed by atoms with Crippen molar-refractivity contribution in [2.75, 3.05) is 18.1 Å². The van der Waals surface area contributed by atoms with E-state index in [-0.39, 0.29) is 24.5 Å². The van der Waals surface area contributed by atoms with E-state index in [0.717, 1.165) is 24.8 Å². The van der Waals surface area contributed by atoms with Gasteiger partial charge in [-0.15, -0.1) is 5.10 Å². The second-order valence-electron chi connectivity index (χ2n) is 9.70. The largest absolute Gasteiger partial charge is 0.467 e. The molecule has 1 aliphatic rings. The predicted octanol–water partition coefficient (Wildman–Crippen LogP) is 4.61. The number of fused-ring (bicyclic) bond motifs is 1. The summed E-state index contributed by atoms with van der Waals surface area (Å²) in [4.78, 5) is 29.2. The molecule has 9 heteroatoms. The number of hydrogen-bond donors (Lipinski definition) is 1. The highest BCUT2D eigenvalue weighted by Crippen LogP contribution is 2.31. The SMILES string of the molecule is CCC(C)c1ccc(N(C(=O)Cn2nnc3ccccc32)C(C(=O)NCC2CCCO2)c2ccco2)cc1. The lowest BCUT2D eigenvalue weighted by Crippen LogP contribution is -2.46. The summed E-state index contributed by atoms with van der Waals surface area (Å²) in [6.45, 7) is 5.28. The summed E-state index contributed by atoms with van der Waals surface area (Å²) in [5, 5.41) is 11.4. The van der Waals surface area contributed by atoms with Crippen LogP contribution in [0.15, 0.2) is 71.3 Å². The number of aromatic nitrogens is 3. The Kier molecular flexibility index (Phi) is 7.83. The first-order chi connectivity index (χ1) is 18.5. The van der Waals surface area contributed by atoms with Gasteiger partial charge >= 0.3 is 0 Å². The van der Waals surface area contributed by atoms with Gasteiger partial charge in [0, 0.05) is 18.8 Å². The van der Waals surface area contributed by atoms with E-state index in [0.29, 0.717) is 36.0 Å². The molecule has 4 aromatic rings. The van der Waals surface area contributed by atoms with Crippen molar-refractivity contribution >= 4 is 28.5 Å². The molecule has 3 atom stereocenters. The monoisotopic (exact) mass is 515 g/mol. The number of hydrogen-bond acceptors (Lipinski definition) is 6. The number of carbonyl (C=O) groups is 2. The Bertz CT molecular complexity index is 1360. The normalized spacial score (nSPS) is 16.8. The van der Waals surface area contributed by atoms with Gasteiger partial charge in [-0.05, 0) is 67.1 Å². The summed E-state index contributed by atoms with van der Waals surface area (Å²) >= 11 is 0. The zero-order valence-corrected chi connectivity index (χ0v) is 21.7. The number of carbonyl (C=O) groups excluding carboxylic acids is 2. The molecule has 3 unspecified atom stereocenters. The molecule has 2 aromatic carbocycles. The third-order valence-corrected chi connectivity index (χ3v) is 7.17. The molecule has 38 heavy (non-hydrogen) atoms. The van der Waals surface area contributed by atoms with Crippen LogP contribution in [0.1, 0.15) is 56.4 Å². The fourth-order valence-corrected chi connectivity index (χ4v) is 4.81. The fraction of sp³-hybridized carbons (Fsp3) is 0.379. The summed E-state index contributed by atoms with van der Waals surface area (Å²) in [6, 6.07) is 17.7. The zero-order chi connectivity index (χ0) is 26.5. The number of ether oxygens (including phenoxy) is 1. The van der Waals surface area contributed by atoms with Gasteiger partial charge in [-0.25, -0.2) is 4.68 Å². The van der Waals surface area contributed by atoms with E-state index in [1.54, 1.807) is 16.8 Å². The minimum atomic E-state index is -1.01. The third kappa shape index (κ3) is 5.47. The van der Waals surface area contributed by atoms with E-state index in [2.05, 4.69) is 29.5 Å². The van der Waals surface area contributed by atoms with Crippen LogP contribution in [-0.4, -0.2) is 46.1 Å². The van der Waals surface area contributed by atoms with Crippen molar-refractivity contribution in [3.63, 3.8) is 0 Å². The molecular weight excluding hydrogens is 482 g/mol. The van der Waals surface area contributed by atoms with Crippen LogP contribution < -0.4 is 10.2 Å². The highest BCUT2D eigenvalue weighted by Gasteiger charge is 2.35. The Morgan fingerprint density at radius 3 is 2.66 bits per heavy atom. The number of furan rings is 1. The fourth-order valence-electron chi connectivity index (χ4n) is 4.81. The average molecular weight is 516 g/mol. The van der Waals surface area contributed by atoms with E-state index >= 15 is 0 Å². The van der Waals surface area contributed by atoms with Crippen molar-refractivity contribution in [1.82, 2.24) is 20.3 Å². The van der Waals surface area contributed by atoms with Crippen LogP contribution in [0.2, 0.25) is 0 Å². The number of benzene rings is 2. The molecule has 2 amide bonds. The zero-order valence-electron chi connectivity index (χ0n) is 21.7. The lowest BCUT2D eigenvalue weighted by atomic mass is 9.98. The molecule has 2 aromatic heterocycles. The van der Waals surface area contributed by atoms with Gasteiger partial charge in [-0.1, -0.05) is 43.3 Å². The van der Waals surface area contributed by atoms with E-state index in [9.17, 15) is 9.59 Å². The molecule has 0 radical (unpaired) electrons. The molecule has 198 valence electrons. The number of nitrogens with zero attached hydrogens (tertiary/aromatic N) is 4. The highest BCUT2D eigenvalue weighted by atomic mass is 16.5. The van der Waals surface area contributed by atoms with Crippen LogP contribution in [0.5, 0.6) is 0 Å². The third-order valence-electron chi connectivity index (χ3n) is 7.17. The van der Waals surface area contributed by atoms with E-state index < -0.39 is 6.04 Å². The average Bonchev–Trinajstić information content (AvgIpc) is 3.73. The van der Waals surface area contributed by atoms with Gasteiger partial charge in [0.2, 0.25) is 5.91 Å². The molecule has 9 nitrogen and oxygen atoms in total. The van der Waals surface area contributed by atoms with Crippen LogP contribution in [0.3, 0.4) is 0 Å². The van der Waals surface area contributed by atoms with Crippen LogP contribution in [0.25, 0.3) is 11.0 Å². The minimum absolute atomic E-state index is 0.0309. The Hall–Kier alpha value is -3.98. The summed E-state index contributed by atoms with van der Waals surface area (Å²) in [5.74, 6) is 0.104. The van der Waals surface area contributed by atoms with Crippen molar-refractivity contribution in [2.24, 2.45) is 0 Å². The van der Waals surface area contributed by atoms with Crippen LogP contribution in [-0.2, 0) is 20.9 Å². The van der Waals surface area contributed by atoms with Crippen LogP contribution in [0.4, 0.5) is 5.69 Å². The standard InChI is InChI=1S/C29H33N5O4/c1-3-20(2)21-12-14-22(15-13-21)34(27(35)19-33-25-10-5-4-9-24(25)31-32-33)28(26-11-7-17-38-26)29(36)30-18-23-8-6-16-37-23/h4-5,7,9-15,17,20,23,28H,3,6,8,16,18-19H2,1-2H3,(H,30,36). The lowest BCUT2D eigenvalue weighted by molar-refractivity contribution is -0.127. The van der Waals surface area contributed by atoms with Gasteiger partial charge in [0.1, 0.15) is 17.8 Å². The van der Waals surface area contributed by atoms with E-state index in [1.165, 1.54) is 16.7 Å². The van der Waals surface area contributed by atoms with Crippen LogP contribution in [0, 0.1) is 0 Å². The maximum Gasteiger partial charge on any atom is 0.251 e. The maximum absolute atomic E-state index is 14.0.